The van der Waals surface area contributed by atoms with Crippen LogP contribution >= 0.6 is 11.6 Å². The van der Waals surface area contributed by atoms with Crippen LogP contribution in [0.4, 0.5) is 0 Å². The first-order valence-electron chi connectivity index (χ1n) is 6.84. The van der Waals surface area contributed by atoms with Crippen molar-refractivity contribution in [3.63, 3.8) is 0 Å². The predicted molar refractivity (Wildman–Crippen MR) is 85.6 cm³/mol. The number of esters is 1. The lowest BCUT2D eigenvalue weighted by Crippen LogP contribution is -2.26. The van der Waals surface area contributed by atoms with E-state index in [1.807, 2.05) is 6.08 Å². The molecule has 110 valence electrons. The lowest BCUT2D eigenvalue weighted by Gasteiger charge is -2.19. The van der Waals surface area contributed by atoms with Crippen molar-refractivity contribution in [1.29, 1.82) is 0 Å². The number of allylic oxidation sites excluding steroid dienone is 5. The Bertz CT molecular complexity index is 388. The lowest BCUT2D eigenvalue weighted by molar-refractivity contribution is -0.146. The van der Waals surface area contributed by atoms with Gasteiger partial charge < -0.3 is 4.74 Å². The van der Waals surface area contributed by atoms with Crippen LogP contribution in [0.1, 0.15) is 39.5 Å². The topological polar surface area (TPSA) is 26.3 Å². The highest BCUT2D eigenvalue weighted by molar-refractivity contribution is 6.21. The second-order valence-corrected chi connectivity index (χ2v) is 4.85. The first-order chi connectivity index (χ1) is 9.61. The van der Waals surface area contributed by atoms with E-state index < -0.39 is 0 Å². The molecule has 0 N–H and O–H groups in total. The number of ether oxygens (including phenoxy) is 1. The van der Waals surface area contributed by atoms with Crippen molar-refractivity contribution in [3.05, 3.63) is 36.5 Å². The summed E-state index contributed by atoms with van der Waals surface area (Å²) in [5.74, 6) is 2.07. The number of alkyl halides is 1. The van der Waals surface area contributed by atoms with Gasteiger partial charge in [0.25, 0.3) is 0 Å². The summed E-state index contributed by atoms with van der Waals surface area (Å²) in [5, 5.41) is -0.257. The maximum Gasteiger partial charge on any atom is 0.302 e. The van der Waals surface area contributed by atoms with Gasteiger partial charge in [-0.2, -0.15) is 0 Å². The molecule has 3 heteroatoms. The quantitative estimate of drug-likeness (QED) is 0.272. The molecule has 0 aliphatic heterocycles. The van der Waals surface area contributed by atoms with E-state index in [1.54, 1.807) is 12.2 Å². The van der Waals surface area contributed by atoms with Crippen molar-refractivity contribution >= 4 is 17.6 Å². The van der Waals surface area contributed by atoms with Gasteiger partial charge >= 0.3 is 5.97 Å². The van der Waals surface area contributed by atoms with Gasteiger partial charge in [-0.05, 0) is 25.3 Å². The van der Waals surface area contributed by atoms with E-state index in [0.29, 0.717) is 12.8 Å². The second kappa shape index (κ2) is 12.6. The molecular formula is C17H23ClO2. The van der Waals surface area contributed by atoms with Gasteiger partial charge in [0.05, 0.1) is 5.38 Å². The van der Waals surface area contributed by atoms with Crippen molar-refractivity contribution < 1.29 is 9.53 Å². The highest BCUT2D eigenvalue weighted by atomic mass is 35.5. The summed E-state index contributed by atoms with van der Waals surface area (Å²) in [6.07, 6.45) is 19.6. The largest absolute Gasteiger partial charge is 0.461 e. The molecule has 2 atom stereocenters. The van der Waals surface area contributed by atoms with Crippen molar-refractivity contribution in [3.8, 4) is 12.3 Å². The van der Waals surface area contributed by atoms with Crippen LogP contribution in [0.15, 0.2) is 36.5 Å². The average Bonchev–Trinajstić information content (AvgIpc) is 2.41. The van der Waals surface area contributed by atoms with Crippen LogP contribution in [0.2, 0.25) is 0 Å². The zero-order valence-corrected chi connectivity index (χ0v) is 13.0. The molecule has 0 aromatic rings. The van der Waals surface area contributed by atoms with Crippen LogP contribution in [-0.2, 0) is 9.53 Å². The molecule has 2 nitrogen and oxygen atoms in total. The van der Waals surface area contributed by atoms with E-state index in [4.69, 9.17) is 22.8 Å². The fraction of sp³-hybridized carbons (Fsp3) is 0.471. The number of rotatable bonds is 9. The van der Waals surface area contributed by atoms with Crippen LogP contribution in [0.25, 0.3) is 0 Å². The Labute approximate surface area is 127 Å². The number of carbonyl (C=O) groups is 1. The summed E-state index contributed by atoms with van der Waals surface area (Å²) < 4.78 is 5.22. The molecule has 0 saturated heterocycles. The number of halogens is 1. The molecular weight excluding hydrogens is 272 g/mol. The number of hydrogen-bond donors (Lipinski definition) is 0. The zero-order chi connectivity index (χ0) is 15.2. The van der Waals surface area contributed by atoms with Crippen LogP contribution < -0.4 is 0 Å². The fourth-order valence-electron chi connectivity index (χ4n) is 1.57. The Morgan fingerprint density at radius 3 is 2.55 bits per heavy atom. The van der Waals surface area contributed by atoms with Gasteiger partial charge in [0.1, 0.15) is 6.10 Å². The molecule has 0 saturated carbocycles. The Balaban J connectivity index is 4.28. The third-order valence-corrected chi connectivity index (χ3v) is 2.96. The normalized spacial score (nSPS) is 14.7. The Morgan fingerprint density at radius 2 is 1.95 bits per heavy atom. The minimum Gasteiger partial charge on any atom is -0.461 e. The molecule has 0 aliphatic carbocycles. The molecule has 0 aliphatic rings. The number of hydrogen-bond acceptors (Lipinski definition) is 2. The van der Waals surface area contributed by atoms with E-state index in [9.17, 15) is 4.79 Å². The standard InChI is InChI=1S/C17H23ClO2/c1-4-6-8-9-10-12-13-16(18)17(20-15(3)19)14-11-7-5-2/h2,6-8,10-12,16-17H,4,9,13-14H2,1,3H3. The molecule has 0 spiro atoms. The van der Waals surface area contributed by atoms with Gasteiger partial charge in [-0.25, -0.2) is 0 Å². The number of terminal acetylenes is 1. The summed E-state index contributed by atoms with van der Waals surface area (Å²) in [6, 6.07) is 0. The van der Waals surface area contributed by atoms with Gasteiger partial charge in [0.15, 0.2) is 0 Å². The minimum absolute atomic E-state index is 0.257. The Hall–Kier alpha value is -1.46. The lowest BCUT2D eigenvalue weighted by atomic mass is 10.1. The SMILES string of the molecule is C#CC=CCC(OC(C)=O)C(Cl)CC=CCC=CCC. The molecule has 0 heterocycles. The van der Waals surface area contributed by atoms with Gasteiger partial charge in [0.2, 0.25) is 0 Å². The van der Waals surface area contributed by atoms with Crippen LogP contribution in [-0.4, -0.2) is 17.5 Å². The van der Waals surface area contributed by atoms with Crippen LogP contribution in [0, 0.1) is 12.3 Å². The zero-order valence-electron chi connectivity index (χ0n) is 12.2. The highest BCUT2D eigenvalue weighted by Gasteiger charge is 2.19. The predicted octanol–water partition coefficient (Wildman–Crippen LogP) is 4.41. The molecule has 0 bridgehead atoms. The smallest absolute Gasteiger partial charge is 0.302 e. The van der Waals surface area contributed by atoms with Crippen molar-refractivity contribution in [2.45, 2.75) is 51.0 Å². The maximum absolute atomic E-state index is 11.1. The van der Waals surface area contributed by atoms with E-state index >= 15 is 0 Å². The van der Waals surface area contributed by atoms with Gasteiger partial charge in [0, 0.05) is 13.3 Å². The fourth-order valence-corrected chi connectivity index (χ4v) is 1.83. The van der Waals surface area contributed by atoms with Crippen molar-refractivity contribution in [1.82, 2.24) is 0 Å². The summed E-state index contributed by atoms with van der Waals surface area (Å²) in [7, 11) is 0. The third-order valence-electron chi connectivity index (χ3n) is 2.51. The van der Waals surface area contributed by atoms with Crippen LogP contribution in [0.3, 0.4) is 0 Å². The average molecular weight is 295 g/mol. The molecule has 0 aromatic heterocycles. The molecule has 0 aromatic carbocycles. The molecule has 0 radical (unpaired) electrons. The minimum atomic E-state index is -0.352. The molecule has 0 fully saturated rings. The van der Waals surface area contributed by atoms with Gasteiger partial charge in [-0.3, -0.25) is 4.79 Å². The molecule has 0 rings (SSSR count). The van der Waals surface area contributed by atoms with E-state index in [-0.39, 0.29) is 17.5 Å². The van der Waals surface area contributed by atoms with Crippen LogP contribution in [0.5, 0.6) is 0 Å². The first-order valence-corrected chi connectivity index (χ1v) is 7.27. The molecule has 0 amide bonds. The summed E-state index contributed by atoms with van der Waals surface area (Å²) in [4.78, 5) is 11.1. The summed E-state index contributed by atoms with van der Waals surface area (Å²) in [5.41, 5.74) is 0. The monoisotopic (exact) mass is 294 g/mol. The van der Waals surface area contributed by atoms with E-state index in [2.05, 4.69) is 31.1 Å². The van der Waals surface area contributed by atoms with Crippen molar-refractivity contribution in [2.24, 2.45) is 0 Å². The second-order valence-electron chi connectivity index (χ2n) is 4.29. The van der Waals surface area contributed by atoms with E-state index in [0.717, 1.165) is 12.8 Å². The summed E-state index contributed by atoms with van der Waals surface area (Å²) >= 11 is 6.28. The third kappa shape index (κ3) is 10.5. The maximum atomic E-state index is 11.1. The number of carbonyl (C=O) groups excluding carboxylic acids is 1. The van der Waals surface area contributed by atoms with Gasteiger partial charge in [-0.15, -0.1) is 18.0 Å². The first kappa shape index (κ1) is 18.5. The Kier molecular flexibility index (Phi) is 11.7. The van der Waals surface area contributed by atoms with Gasteiger partial charge in [-0.1, -0.05) is 43.2 Å². The summed E-state index contributed by atoms with van der Waals surface area (Å²) in [6.45, 7) is 3.48. The highest BCUT2D eigenvalue weighted by Crippen LogP contribution is 2.16. The molecule has 20 heavy (non-hydrogen) atoms. The Morgan fingerprint density at radius 1 is 1.25 bits per heavy atom. The van der Waals surface area contributed by atoms with Crippen molar-refractivity contribution in [2.75, 3.05) is 0 Å². The van der Waals surface area contributed by atoms with E-state index in [1.165, 1.54) is 6.92 Å². The molecule has 2 unspecified atom stereocenters.